The minimum Gasteiger partial charge on any atom is -0.748 e. The molecule has 34 heavy (non-hydrogen) atoms. The Morgan fingerprint density at radius 2 is 1.12 bits per heavy atom. The molecular weight excluding hydrogens is 455 g/mol. The number of unbranched alkanes of at least 4 members (excludes halogenated alkanes) is 12. The van der Waals surface area contributed by atoms with Crippen LogP contribution in [-0.2, 0) is 23.0 Å². The Hall–Kier alpha value is -0.0700. The van der Waals surface area contributed by atoms with Crippen LogP contribution in [-0.4, -0.2) is 24.8 Å². The monoisotopic (exact) mass is 504 g/mol. The quantitative estimate of drug-likeness (QED) is 0.135. The van der Waals surface area contributed by atoms with Gasteiger partial charge in [-0.1, -0.05) is 104 Å². The summed E-state index contributed by atoms with van der Waals surface area (Å²) in [5, 5.41) is 0. The first-order valence-electron chi connectivity index (χ1n) is 13.6. The number of aryl methyl sites for hydroxylation is 2. The second-order valence-electron chi connectivity index (χ2n) is 9.60. The maximum Gasteiger partial charge on any atom is 1.00 e. The predicted molar refractivity (Wildman–Crippen MR) is 139 cm³/mol. The Morgan fingerprint density at radius 1 is 0.706 bits per heavy atom. The number of rotatable bonds is 21. The van der Waals surface area contributed by atoms with E-state index in [1.165, 1.54) is 101 Å². The molecular formula is C28H49NaO4S. The van der Waals surface area contributed by atoms with Gasteiger partial charge in [0.25, 0.3) is 0 Å². The molecule has 0 saturated carbocycles. The molecule has 0 aliphatic heterocycles. The Kier molecular flexibility index (Phi) is 21.0. The summed E-state index contributed by atoms with van der Waals surface area (Å²) >= 11 is 0. The van der Waals surface area contributed by atoms with Gasteiger partial charge in [0, 0.05) is 0 Å². The van der Waals surface area contributed by atoms with Crippen LogP contribution in [0.5, 0.6) is 5.75 Å². The second-order valence-corrected chi connectivity index (χ2v) is 11.0. The van der Waals surface area contributed by atoms with Crippen molar-refractivity contribution in [2.75, 3.05) is 5.75 Å². The maximum atomic E-state index is 11.2. The Morgan fingerprint density at radius 3 is 1.50 bits per heavy atom. The van der Waals surface area contributed by atoms with Crippen LogP contribution in [0.2, 0.25) is 0 Å². The van der Waals surface area contributed by atoms with Crippen LogP contribution in [0.4, 0.5) is 0 Å². The van der Waals surface area contributed by atoms with Crippen LogP contribution in [0, 0.1) is 0 Å². The van der Waals surface area contributed by atoms with E-state index >= 15 is 0 Å². The molecule has 0 aliphatic rings. The zero-order chi connectivity index (χ0) is 24.4. The van der Waals surface area contributed by atoms with Crippen molar-refractivity contribution in [3.05, 3.63) is 29.3 Å². The van der Waals surface area contributed by atoms with E-state index in [2.05, 4.69) is 19.9 Å². The second kappa shape index (κ2) is 21.1. The van der Waals surface area contributed by atoms with Crippen molar-refractivity contribution in [2.45, 2.75) is 136 Å². The van der Waals surface area contributed by atoms with Crippen LogP contribution in [0.15, 0.2) is 18.2 Å². The summed E-state index contributed by atoms with van der Waals surface area (Å²) in [6, 6.07) is 6.39. The van der Waals surface area contributed by atoms with Gasteiger partial charge in [0.05, 0.1) is 15.9 Å². The molecule has 0 spiro atoms. The average Bonchev–Trinajstić information content (AvgIpc) is 2.76. The Balaban J connectivity index is 0.0000109. The fraction of sp³-hybridized carbons (Fsp3) is 0.786. The number of benzene rings is 1. The molecule has 4 nitrogen and oxygen atoms in total. The molecule has 0 saturated heterocycles. The standard InChI is InChI=1S/C28H50O4S.Na/c1-4-7-9-11-13-15-17-19-25-21-26(20-18-16-14-12-10-8-5-2)23-28(22-25)32-27(6-3)24-33(29,30)31;/h21-23,27H,4-20,24H2,1-3H3,(H,29,30,31);/q;+1/p-1. The van der Waals surface area contributed by atoms with Gasteiger partial charge < -0.3 is 9.29 Å². The van der Waals surface area contributed by atoms with Gasteiger partial charge in [-0.2, -0.15) is 0 Å². The van der Waals surface area contributed by atoms with E-state index < -0.39 is 22.0 Å². The zero-order valence-electron chi connectivity index (χ0n) is 22.6. The molecule has 0 bridgehead atoms. The van der Waals surface area contributed by atoms with E-state index in [0.29, 0.717) is 12.2 Å². The third-order valence-electron chi connectivity index (χ3n) is 6.31. The molecule has 6 heteroatoms. The van der Waals surface area contributed by atoms with E-state index in [1.807, 2.05) is 19.1 Å². The van der Waals surface area contributed by atoms with Crippen LogP contribution in [0.1, 0.15) is 128 Å². The van der Waals surface area contributed by atoms with E-state index in [0.717, 1.165) is 12.8 Å². The van der Waals surface area contributed by atoms with Gasteiger partial charge in [-0.25, -0.2) is 8.42 Å². The average molecular weight is 505 g/mol. The van der Waals surface area contributed by atoms with Gasteiger partial charge >= 0.3 is 29.6 Å². The molecule has 0 fully saturated rings. The van der Waals surface area contributed by atoms with Crippen molar-refractivity contribution in [3.8, 4) is 5.75 Å². The topological polar surface area (TPSA) is 66.4 Å². The molecule has 0 aliphatic carbocycles. The first kappa shape index (κ1) is 33.9. The van der Waals surface area contributed by atoms with Crippen molar-refractivity contribution < 1.29 is 47.3 Å². The maximum absolute atomic E-state index is 11.2. The fourth-order valence-electron chi connectivity index (χ4n) is 4.31. The number of ether oxygens (including phenoxy) is 1. The van der Waals surface area contributed by atoms with Crippen LogP contribution < -0.4 is 34.3 Å². The predicted octanol–water partition coefficient (Wildman–Crippen LogP) is 4.98. The molecule has 192 valence electrons. The normalized spacial score (nSPS) is 12.4. The molecule has 1 atom stereocenters. The smallest absolute Gasteiger partial charge is 0.748 e. The van der Waals surface area contributed by atoms with E-state index in [4.69, 9.17) is 4.74 Å². The van der Waals surface area contributed by atoms with Crippen LogP contribution in [0.3, 0.4) is 0 Å². The molecule has 1 aromatic carbocycles. The summed E-state index contributed by atoms with van der Waals surface area (Å²) in [7, 11) is -4.31. The first-order chi connectivity index (χ1) is 15.9. The van der Waals surface area contributed by atoms with Crippen molar-refractivity contribution in [1.82, 2.24) is 0 Å². The van der Waals surface area contributed by atoms with E-state index in [-0.39, 0.29) is 29.6 Å². The van der Waals surface area contributed by atoms with Crippen molar-refractivity contribution in [2.24, 2.45) is 0 Å². The van der Waals surface area contributed by atoms with E-state index in [9.17, 15) is 13.0 Å². The minimum atomic E-state index is -4.31. The third kappa shape index (κ3) is 18.2. The number of hydrogen-bond donors (Lipinski definition) is 0. The van der Waals surface area contributed by atoms with Crippen molar-refractivity contribution in [3.63, 3.8) is 0 Å². The Labute approximate surface area is 233 Å². The molecule has 0 aromatic heterocycles. The van der Waals surface area contributed by atoms with Gasteiger partial charge in [0.15, 0.2) is 0 Å². The molecule has 0 radical (unpaired) electrons. The van der Waals surface area contributed by atoms with Gasteiger partial charge in [-0.3, -0.25) is 0 Å². The van der Waals surface area contributed by atoms with Gasteiger partial charge in [-0.05, 0) is 55.4 Å². The van der Waals surface area contributed by atoms with Gasteiger partial charge in [-0.15, -0.1) is 0 Å². The van der Waals surface area contributed by atoms with Crippen LogP contribution >= 0.6 is 0 Å². The first-order valence-corrected chi connectivity index (χ1v) is 15.2. The summed E-state index contributed by atoms with van der Waals surface area (Å²) in [6.45, 7) is 6.35. The van der Waals surface area contributed by atoms with Gasteiger partial charge in [0.1, 0.15) is 11.9 Å². The molecule has 1 aromatic rings. The number of hydrogen-bond acceptors (Lipinski definition) is 4. The van der Waals surface area contributed by atoms with Crippen molar-refractivity contribution in [1.29, 1.82) is 0 Å². The summed E-state index contributed by atoms with van der Waals surface area (Å²) in [5.41, 5.74) is 2.53. The summed E-state index contributed by atoms with van der Waals surface area (Å²) < 4.78 is 39.7. The van der Waals surface area contributed by atoms with Crippen molar-refractivity contribution >= 4 is 10.1 Å². The minimum absolute atomic E-state index is 0. The fourth-order valence-corrected chi connectivity index (χ4v) is 5.07. The van der Waals surface area contributed by atoms with E-state index in [1.54, 1.807) is 0 Å². The largest absolute Gasteiger partial charge is 1.00 e. The summed E-state index contributed by atoms with van der Waals surface area (Å²) in [6.07, 6.45) is 19.9. The Bertz CT molecular complexity index is 685. The summed E-state index contributed by atoms with van der Waals surface area (Å²) in [4.78, 5) is 0. The molecule has 1 rings (SSSR count). The third-order valence-corrected chi connectivity index (χ3v) is 7.09. The van der Waals surface area contributed by atoms with Gasteiger partial charge in [0.2, 0.25) is 0 Å². The zero-order valence-corrected chi connectivity index (χ0v) is 25.4. The molecule has 1 unspecified atom stereocenters. The summed E-state index contributed by atoms with van der Waals surface area (Å²) in [5.74, 6) is 0.238. The molecule has 0 amide bonds. The molecule has 0 heterocycles. The molecule has 0 N–H and O–H groups in total. The SMILES string of the molecule is CCCCCCCCCc1cc(CCCCCCCCC)cc(OC(CC)CS(=O)(=O)[O-])c1.[Na+]. The van der Waals surface area contributed by atoms with Crippen LogP contribution in [0.25, 0.3) is 0 Å².